The number of nitrogens with zero attached hydrogens (tertiary/aromatic N) is 4. The van der Waals surface area contributed by atoms with Crippen LogP contribution in [0.25, 0.3) is 5.65 Å². The van der Waals surface area contributed by atoms with E-state index in [-0.39, 0.29) is 24.3 Å². The summed E-state index contributed by atoms with van der Waals surface area (Å²) in [4.78, 5) is 30.7. The van der Waals surface area contributed by atoms with Gasteiger partial charge >= 0.3 is 0 Å². The lowest BCUT2D eigenvalue weighted by atomic mass is 9.90. The highest BCUT2D eigenvalue weighted by atomic mass is 16.2. The van der Waals surface area contributed by atoms with E-state index in [1.54, 1.807) is 40.9 Å². The van der Waals surface area contributed by atoms with Crippen LogP contribution in [-0.2, 0) is 16.0 Å². The number of carbonyl (C=O) groups is 2. The summed E-state index contributed by atoms with van der Waals surface area (Å²) in [6.45, 7) is 2.18. The van der Waals surface area contributed by atoms with Gasteiger partial charge in [0.15, 0.2) is 5.65 Å². The lowest BCUT2D eigenvalue weighted by Crippen LogP contribution is -2.40. The van der Waals surface area contributed by atoms with Gasteiger partial charge in [-0.1, -0.05) is 24.3 Å². The molecule has 0 aliphatic carbocycles. The summed E-state index contributed by atoms with van der Waals surface area (Å²) in [5.74, 6) is 0.375. The van der Waals surface area contributed by atoms with Crippen LogP contribution in [0.5, 0.6) is 0 Å². The average Bonchev–Trinajstić information content (AvgIpc) is 3.11. The minimum absolute atomic E-state index is 0.0179. The smallest absolute Gasteiger partial charge is 0.227 e. The Morgan fingerprint density at radius 3 is 2.88 bits per heavy atom. The molecule has 1 aromatic carbocycles. The molecule has 3 aromatic rings. The summed E-state index contributed by atoms with van der Waals surface area (Å²) < 4.78 is 1.58. The van der Waals surface area contributed by atoms with Crippen molar-refractivity contribution >= 4 is 23.3 Å². The fourth-order valence-electron chi connectivity index (χ4n) is 3.55. The Labute approximate surface area is 150 Å². The summed E-state index contributed by atoms with van der Waals surface area (Å²) in [6, 6.07) is 11.2. The second kappa shape index (κ2) is 6.59. The predicted octanol–water partition coefficient (Wildman–Crippen LogP) is 2.20. The standard InChI is InChI=1S/C19H19N5O2/c1-13(25)23-11-8-14-4-2-3-5-15(14)16(23)12-19(26)22-18-6-9-20-17-7-10-21-24(17)18/h2-7,9-10,16H,8,11-12H2,1H3,(H,22,26)/t16-/m0/s1. The monoisotopic (exact) mass is 349 g/mol. The molecule has 2 amide bonds. The molecule has 0 unspecified atom stereocenters. The third-order valence-corrected chi connectivity index (χ3v) is 4.75. The maximum Gasteiger partial charge on any atom is 0.227 e. The number of benzene rings is 1. The third-order valence-electron chi connectivity index (χ3n) is 4.75. The van der Waals surface area contributed by atoms with Gasteiger partial charge in [0.25, 0.3) is 0 Å². The fraction of sp³-hybridized carbons (Fsp3) is 0.263. The number of fused-ring (bicyclic) bond motifs is 2. The van der Waals surface area contributed by atoms with Gasteiger partial charge < -0.3 is 10.2 Å². The van der Waals surface area contributed by atoms with Crippen molar-refractivity contribution in [1.29, 1.82) is 0 Å². The van der Waals surface area contributed by atoms with Crippen LogP contribution in [0, 0.1) is 0 Å². The van der Waals surface area contributed by atoms with Crippen LogP contribution < -0.4 is 5.32 Å². The van der Waals surface area contributed by atoms with Crippen LogP contribution in [0.3, 0.4) is 0 Å². The molecule has 0 radical (unpaired) electrons. The highest BCUT2D eigenvalue weighted by molar-refractivity contribution is 5.91. The Balaban J connectivity index is 1.59. The molecule has 0 saturated carbocycles. The molecule has 0 saturated heterocycles. The lowest BCUT2D eigenvalue weighted by molar-refractivity contribution is -0.132. The van der Waals surface area contributed by atoms with E-state index in [9.17, 15) is 9.59 Å². The van der Waals surface area contributed by atoms with E-state index < -0.39 is 0 Å². The molecule has 7 heteroatoms. The summed E-state index contributed by atoms with van der Waals surface area (Å²) in [5.41, 5.74) is 2.90. The second-order valence-corrected chi connectivity index (χ2v) is 6.36. The predicted molar refractivity (Wildman–Crippen MR) is 96.5 cm³/mol. The molecule has 0 bridgehead atoms. The molecule has 0 fully saturated rings. The summed E-state index contributed by atoms with van der Waals surface area (Å²) in [6.07, 6.45) is 4.27. The largest absolute Gasteiger partial charge is 0.335 e. The molecule has 1 N–H and O–H groups in total. The van der Waals surface area contributed by atoms with E-state index in [0.29, 0.717) is 18.0 Å². The second-order valence-electron chi connectivity index (χ2n) is 6.36. The minimum Gasteiger partial charge on any atom is -0.335 e. The molecule has 3 heterocycles. The molecule has 26 heavy (non-hydrogen) atoms. The zero-order valence-corrected chi connectivity index (χ0v) is 14.4. The number of carbonyl (C=O) groups excluding carboxylic acids is 2. The van der Waals surface area contributed by atoms with Crippen LogP contribution in [0.4, 0.5) is 5.82 Å². The number of amides is 2. The van der Waals surface area contributed by atoms with Crippen molar-refractivity contribution in [3.05, 3.63) is 59.9 Å². The van der Waals surface area contributed by atoms with Gasteiger partial charge in [-0.2, -0.15) is 9.61 Å². The minimum atomic E-state index is -0.257. The Bertz CT molecular complexity index is 981. The number of rotatable bonds is 3. The maximum absolute atomic E-state index is 12.7. The number of aromatic nitrogens is 3. The van der Waals surface area contributed by atoms with Crippen LogP contribution >= 0.6 is 0 Å². The number of nitrogens with one attached hydrogen (secondary N) is 1. The van der Waals surface area contributed by atoms with Gasteiger partial charge in [-0.25, -0.2) is 4.98 Å². The fourth-order valence-corrected chi connectivity index (χ4v) is 3.55. The van der Waals surface area contributed by atoms with E-state index in [0.717, 1.165) is 12.0 Å². The molecule has 1 atom stereocenters. The van der Waals surface area contributed by atoms with Crippen molar-refractivity contribution in [1.82, 2.24) is 19.5 Å². The zero-order chi connectivity index (χ0) is 18.1. The first-order valence-electron chi connectivity index (χ1n) is 8.57. The highest BCUT2D eigenvalue weighted by Crippen LogP contribution is 2.32. The molecule has 4 rings (SSSR count). The van der Waals surface area contributed by atoms with Gasteiger partial charge in [-0.15, -0.1) is 0 Å². The number of hydrogen-bond donors (Lipinski definition) is 1. The molecular weight excluding hydrogens is 330 g/mol. The van der Waals surface area contributed by atoms with E-state index in [4.69, 9.17) is 0 Å². The molecule has 2 aromatic heterocycles. The van der Waals surface area contributed by atoms with E-state index in [2.05, 4.69) is 21.5 Å². The number of hydrogen-bond acceptors (Lipinski definition) is 4. The van der Waals surface area contributed by atoms with Gasteiger partial charge in [0.05, 0.1) is 18.7 Å². The van der Waals surface area contributed by atoms with E-state index >= 15 is 0 Å². The average molecular weight is 349 g/mol. The summed E-state index contributed by atoms with van der Waals surface area (Å²) in [7, 11) is 0. The number of anilines is 1. The summed E-state index contributed by atoms with van der Waals surface area (Å²) >= 11 is 0. The normalized spacial score (nSPS) is 16.3. The van der Waals surface area contributed by atoms with Crippen molar-refractivity contribution in [3.8, 4) is 0 Å². The third kappa shape index (κ3) is 2.92. The zero-order valence-electron chi connectivity index (χ0n) is 14.4. The van der Waals surface area contributed by atoms with Crippen LogP contribution in [0.2, 0.25) is 0 Å². The SMILES string of the molecule is CC(=O)N1CCc2ccccc2[C@@H]1CC(=O)Nc1ccnc2ccnn12. The molecule has 132 valence electrons. The molecule has 1 aliphatic rings. The summed E-state index contributed by atoms with van der Waals surface area (Å²) in [5, 5.41) is 7.06. The van der Waals surface area contributed by atoms with Gasteiger partial charge in [-0.3, -0.25) is 9.59 Å². The molecule has 0 spiro atoms. The van der Waals surface area contributed by atoms with Crippen LogP contribution in [0.15, 0.2) is 48.8 Å². The van der Waals surface area contributed by atoms with Crippen molar-refractivity contribution in [2.45, 2.75) is 25.8 Å². The maximum atomic E-state index is 12.7. The van der Waals surface area contributed by atoms with Crippen molar-refractivity contribution in [3.63, 3.8) is 0 Å². The van der Waals surface area contributed by atoms with E-state index in [1.165, 1.54) is 5.56 Å². The molecule has 1 aliphatic heterocycles. The highest BCUT2D eigenvalue weighted by Gasteiger charge is 2.30. The Morgan fingerprint density at radius 1 is 1.19 bits per heavy atom. The van der Waals surface area contributed by atoms with Crippen molar-refractivity contribution < 1.29 is 9.59 Å². The van der Waals surface area contributed by atoms with Crippen molar-refractivity contribution in [2.24, 2.45) is 0 Å². The van der Waals surface area contributed by atoms with Crippen LogP contribution in [0.1, 0.15) is 30.5 Å². The van der Waals surface area contributed by atoms with Gasteiger partial charge in [0.1, 0.15) is 5.82 Å². The van der Waals surface area contributed by atoms with Crippen LogP contribution in [-0.4, -0.2) is 37.9 Å². The Hall–Kier alpha value is -3.22. The van der Waals surface area contributed by atoms with E-state index in [1.807, 2.05) is 18.2 Å². The topological polar surface area (TPSA) is 79.6 Å². The molecular formula is C19H19N5O2. The van der Waals surface area contributed by atoms with Gasteiger partial charge in [0.2, 0.25) is 11.8 Å². The van der Waals surface area contributed by atoms with Crippen molar-refractivity contribution in [2.75, 3.05) is 11.9 Å². The first kappa shape index (κ1) is 16.3. The molecule has 7 nitrogen and oxygen atoms in total. The Kier molecular flexibility index (Phi) is 4.12. The lowest BCUT2D eigenvalue weighted by Gasteiger charge is -2.36. The first-order valence-corrected chi connectivity index (χ1v) is 8.57. The quantitative estimate of drug-likeness (QED) is 0.786. The Morgan fingerprint density at radius 2 is 2.04 bits per heavy atom. The van der Waals surface area contributed by atoms with Gasteiger partial charge in [0, 0.05) is 25.7 Å². The first-order chi connectivity index (χ1) is 12.6. The van der Waals surface area contributed by atoms with Gasteiger partial charge in [-0.05, 0) is 23.6 Å².